The molecule has 0 aliphatic heterocycles. The minimum absolute atomic E-state index is 0.145. The van der Waals surface area contributed by atoms with Crippen molar-refractivity contribution in [3.8, 4) is 17.1 Å². The molecule has 1 heterocycles. The van der Waals surface area contributed by atoms with Crippen LogP contribution in [0.15, 0.2) is 71.5 Å². The van der Waals surface area contributed by atoms with Crippen LogP contribution in [-0.2, 0) is 13.1 Å². The van der Waals surface area contributed by atoms with Gasteiger partial charge in [-0.15, -0.1) is 0 Å². The van der Waals surface area contributed by atoms with E-state index in [-0.39, 0.29) is 5.56 Å². The maximum atomic E-state index is 13.4. The van der Waals surface area contributed by atoms with Gasteiger partial charge < -0.3 is 10.5 Å². The molecule has 0 fully saturated rings. The summed E-state index contributed by atoms with van der Waals surface area (Å²) in [7, 11) is 1.61. The van der Waals surface area contributed by atoms with Gasteiger partial charge in [0.25, 0.3) is 5.56 Å². The normalized spacial score (nSPS) is 11.0. The number of rotatable bonds is 5. The summed E-state index contributed by atoms with van der Waals surface area (Å²) >= 11 is 6.13. The van der Waals surface area contributed by atoms with E-state index in [4.69, 9.17) is 27.1 Å². The fourth-order valence-corrected chi connectivity index (χ4v) is 3.53. The number of ether oxygens (including phenoxy) is 1. The van der Waals surface area contributed by atoms with E-state index in [1.54, 1.807) is 29.9 Å². The third-order valence-corrected chi connectivity index (χ3v) is 5.05. The van der Waals surface area contributed by atoms with Crippen LogP contribution in [0, 0.1) is 0 Å². The number of benzene rings is 3. The van der Waals surface area contributed by atoms with Crippen LogP contribution in [-0.4, -0.2) is 16.7 Å². The second-order valence-electron chi connectivity index (χ2n) is 6.74. The van der Waals surface area contributed by atoms with Crippen LogP contribution in [0.5, 0.6) is 5.75 Å². The van der Waals surface area contributed by atoms with Gasteiger partial charge in [-0.1, -0.05) is 48.0 Å². The van der Waals surface area contributed by atoms with Crippen molar-refractivity contribution in [2.75, 3.05) is 7.11 Å². The minimum Gasteiger partial charge on any atom is -0.497 e. The number of aromatic nitrogens is 2. The number of hydrogen-bond donors (Lipinski definition) is 1. The molecule has 4 aromatic rings. The summed E-state index contributed by atoms with van der Waals surface area (Å²) in [6, 6.07) is 20.6. The van der Waals surface area contributed by atoms with Crippen molar-refractivity contribution in [1.29, 1.82) is 0 Å². The molecule has 0 amide bonds. The predicted molar refractivity (Wildman–Crippen MR) is 116 cm³/mol. The molecule has 0 aliphatic rings. The van der Waals surface area contributed by atoms with Gasteiger partial charge in [-0.3, -0.25) is 9.36 Å². The standard InChI is InChI=1S/C23H20ClN3O2/c1-29-19-7-3-6-17(11-19)22-26-21-9-8-18(24)12-20(21)23(28)27(22)14-16-5-2-4-15(10-16)13-25/h2-12H,13-14,25H2,1H3. The fraction of sp³-hybridized carbons (Fsp3) is 0.130. The number of nitrogens with two attached hydrogens (primary N) is 1. The lowest BCUT2D eigenvalue weighted by Crippen LogP contribution is -2.24. The highest BCUT2D eigenvalue weighted by Gasteiger charge is 2.14. The zero-order valence-electron chi connectivity index (χ0n) is 15.9. The van der Waals surface area contributed by atoms with E-state index >= 15 is 0 Å². The van der Waals surface area contributed by atoms with E-state index in [2.05, 4.69) is 0 Å². The highest BCUT2D eigenvalue weighted by molar-refractivity contribution is 6.31. The van der Waals surface area contributed by atoms with E-state index in [1.165, 1.54) is 0 Å². The van der Waals surface area contributed by atoms with Crippen LogP contribution in [0.4, 0.5) is 0 Å². The number of nitrogens with zero attached hydrogens (tertiary/aromatic N) is 2. The van der Waals surface area contributed by atoms with Gasteiger partial charge in [0.2, 0.25) is 0 Å². The summed E-state index contributed by atoms with van der Waals surface area (Å²) in [4.78, 5) is 18.2. The van der Waals surface area contributed by atoms with Crippen molar-refractivity contribution >= 4 is 22.5 Å². The summed E-state index contributed by atoms with van der Waals surface area (Å²) in [5, 5.41) is 0.987. The molecule has 3 aromatic carbocycles. The number of methoxy groups -OCH3 is 1. The Bertz CT molecular complexity index is 1250. The summed E-state index contributed by atoms with van der Waals surface area (Å²) in [5.41, 5.74) is 9.02. The summed E-state index contributed by atoms with van der Waals surface area (Å²) in [5.74, 6) is 1.27. The third kappa shape index (κ3) is 3.88. The number of hydrogen-bond acceptors (Lipinski definition) is 4. The van der Waals surface area contributed by atoms with Gasteiger partial charge in [0.1, 0.15) is 11.6 Å². The molecule has 6 heteroatoms. The average Bonchev–Trinajstić information content (AvgIpc) is 2.76. The minimum atomic E-state index is -0.145. The average molecular weight is 406 g/mol. The molecule has 0 bridgehead atoms. The summed E-state index contributed by atoms with van der Waals surface area (Å²) < 4.78 is 7.02. The first kappa shape index (κ1) is 19.2. The van der Waals surface area contributed by atoms with Crippen LogP contribution in [0.1, 0.15) is 11.1 Å². The van der Waals surface area contributed by atoms with Gasteiger partial charge in [0.05, 0.1) is 24.6 Å². The number of halogens is 1. The van der Waals surface area contributed by atoms with Crippen molar-refractivity contribution in [2.45, 2.75) is 13.1 Å². The smallest absolute Gasteiger partial charge is 0.262 e. The molecular formula is C23H20ClN3O2. The maximum Gasteiger partial charge on any atom is 0.262 e. The second kappa shape index (κ2) is 8.07. The van der Waals surface area contributed by atoms with Gasteiger partial charge in [-0.05, 0) is 41.5 Å². The Labute approximate surface area is 173 Å². The molecule has 1 aromatic heterocycles. The zero-order chi connectivity index (χ0) is 20.4. The quantitative estimate of drug-likeness (QED) is 0.539. The summed E-state index contributed by atoms with van der Waals surface area (Å²) in [6.45, 7) is 0.811. The van der Waals surface area contributed by atoms with Gasteiger partial charge in [-0.25, -0.2) is 4.98 Å². The molecule has 0 saturated carbocycles. The predicted octanol–water partition coefficient (Wildman–Crippen LogP) is 4.23. The van der Waals surface area contributed by atoms with Crippen molar-refractivity contribution in [1.82, 2.24) is 9.55 Å². The molecule has 0 atom stereocenters. The molecule has 0 aliphatic carbocycles. The van der Waals surface area contributed by atoms with E-state index in [9.17, 15) is 4.79 Å². The van der Waals surface area contributed by atoms with Crippen LogP contribution < -0.4 is 16.0 Å². The molecule has 4 rings (SSSR count). The molecule has 0 saturated heterocycles. The first-order chi connectivity index (χ1) is 14.1. The Morgan fingerprint density at radius 3 is 2.62 bits per heavy atom. The molecule has 0 spiro atoms. The van der Waals surface area contributed by atoms with Crippen LogP contribution in [0.2, 0.25) is 5.02 Å². The van der Waals surface area contributed by atoms with Crippen molar-refractivity contribution in [2.24, 2.45) is 5.73 Å². The lowest BCUT2D eigenvalue weighted by atomic mass is 10.1. The van der Waals surface area contributed by atoms with Gasteiger partial charge >= 0.3 is 0 Å². The highest BCUT2D eigenvalue weighted by atomic mass is 35.5. The van der Waals surface area contributed by atoms with E-state index < -0.39 is 0 Å². The van der Waals surface area contributed by atoms with E-state index in [0.717, 1.165) is 16.7 Å². The Hall–Kier alpha value is -3.15. The Morgan fingerprint density at radius 2 is 1.83 bits per heavy atom. The topological polar surface area (TPSA) is 70.1 Å². The van der Waals surface area contributed by atoms with Crippen LogP contribution >= 0.6 is 11.6 Å². The van der Waals surface area contributed by atoms with E-state index in [1.807, 2.05) is 48.5 Å². The first-order valence-electron chi connectivity index (χ1n) is 9.21. The largest absolute Gasteiger partial charge is 0.497 e. The Kier molecular flexibility index (Phi) is 5.34. The lowest BCUT2D eigenvalue weighted by Gasteiger charge is -2.15. The van der Waals surface area contributed by atoms with E-state index in [0.29, 0.717) is 40.6 Å². The molecule has 29 heavy (non-hydrogen) atoms. The lowest BCUT2D eigenvalue weighted by molar-refractivity contribution is 0.415. The maximum absolute atomic E-state index is 13.4. The third-order valence-electron chi connectivity index (χ3n) is 4.81. The zero-order valence-corrected chi connectivity index (χ0v) is 16.7. The molecule has 0 unspecified atom stereocenters. The highest BCUT2D eigenvalue weighted by Crippen LogP contribution is 2.25. The first-order valence-corrected chi connectivity index (χ1v) is 9.59. The summed E-state index contributed by atoms with van der Waals surface area (Å²) in [6.07, 6.45) is 0. The Balaban J connectivity index is 1.96. The van der Waals surface area contributed by atoms with Crippen LogP contribution in [0.25, 0.3) is 22.3 Å². The fourth-order valence-electron chi connectivity index (χ4n) is 3.36. The van der Waals surface area contributed by atoms with Gasteiger partial charge in [0.15, 0.2) is 0 Å². The van der Waals surface area contributed by atoms with Crippen molar-refractivity contribution in [3.05, 3.63) is 93.2 Å². The van der Waals surface area contributed by atoms with Crippen molar-refractivity contribution in [3.63, 3.8) is 0 Å². The second-order valence-corrected chi connectivity index (χ2v) is 7.18. The molecule has 5 nitrogen and oxygen atoms in total. The molecule has 146 valence electrons. The molecule has 0 radical (unpaired) electrons. The molecule has 2 N–H and O–H groups in total. The SMILES string of the molecule is COc1cccc(-c2nc3ccc(Cl)cc3c(=O)n2Cc2cccc(CN)c2)c1. The van der Waals surface area contributed by atoms with Crippen molar-refractivity contribution < 1.29 is 4.74 Å². The van der Waals surface area contributed by atoms with Crippen LogP contribution in [0.3, 0.4) is 0 Å². The molecular weight excluding hydrogens is 386 g/mol. The number of fused-ring (bicyclic) bond motifs is 1. The Morgan fingerprint density at radius 1 is 1.03 bits per heavy atom. The van der Waals surface area contributed by atoms with Gasteiger partial charge in [0, 0.05) is 17.1 Å². The monoisotopic (exact) mass is 405 g/mol. The van der Waals surface area contributed by atoms with Gasteiger partial charge in [-0.2, -0.15) is 0 Å².